The number of nitrogens with one attached hydrogen (secondary N) is 1. The molecule has 1 heterocycles. The summed E-state index contributed by atoms with van der Waals surface area (Å²) in [5.74, 6) is 0. The van der Waals surface area contributed by atoms with Gasteiger partial charge in [0.05, 0.1) is 0 Å². The second-order valence-electron chi connectivity index (χ2n) is 4.28. The van der Waals surface area contributed by atoms with E-state index in [0.29, 0.717) is 6.04 Å². The van der Waals surface area contributed by atoms with E-state index in [4.69, 9.17) is 0 Å². The van der Waals surface area contributed by atoms with Crippen LogP contribution in [0.5, 0.6) is 0 Å². The molecule has 0 saturated heterocycles. The number of rotatable bonds is 7. The third-order valence-corrected chi connectivity index (χ3v) is 4.21. The number of hydrogen-bond acceptors (Lipinski definition) is 3. The van der Waals surface area contributed by atoms with Crippen LogP contribution in [0.2, 0.25) is 0 Å². The minimum atomic E-state index is 0.595. The van der Waals surface area contributed by atoms with E-state index >= 15 is 0 Å². The van der Waals surface area contributed by atoms with Crippen LogP contribution in [0, 0.1) is 0 Å². The first kappa shape index (κ1) is 14.2. The molecule has 1 unspecified atom stereocenters. The van der Waals surface area contributed by atoms with Crippen molar-refractivity contribution in [3.05, 3.63) is 20.8 Å². The molecule has 1 rings (SSSR count). The number of likely N-dealkylation sites (N-methyl/N-ethyl adjacent to an activating group) is 1. The fraction of sp³-hybridized carbons (Fsp3) is 0.667. The topological polar surface area (TPSA) is 15.3 Å². The maximum absolute atomic E-state index is 3.56. The second-order valence-corrected chi connectivity index (χ2v) is 6.19. The van der Waals surface area contributed by atoms with Gasteiger partial charge < -0.3 is 10.2 Å². The first-order chi connectivity index (χ1) is 7.61. The Labute approximate surface area is 111 Å². The van der Waals surface area contributed by atoms with Gasteiger partial charge in [-0.25, -0.2) is 0 Å². The highest BCUT2D eigenvalue weighted by molar-refractivity contribution is 9.10. The highest BCUT2D eigenvalue weighted by Crippen LogP contribution is 2.21. The van der Waals surface area contributed by atoms with E-state index in [0.717, 1.165) is 19.5 Å². The number of halogens is 1. The van der Waals surface area contributed by atoms with Crippen molar-refractivity contribution >= 4 is 27.3 Å². The summed E-state index contributed by atoms with van der Waals surface area (Å²) < 4.78 is 1.20. The molecular weight excluding hydrogens is 284 g/mol. The normalized spacial score (nSPS) is 13.3. The van der Waals surface area contributed by atoms with Gasteiger partial charge in [-0.05, 0) is 62.0 Å². The summed E-state index contributed by atoms with van der Waals surface area (Å²) in [5.41, 5.74) is 0. The molecule has 1 aromatic rings. The predicted octanol–water partition coefficient (Wildman–Crippen LogP) is 2.98. The molecule has 0 aromatic carbocycles. The monoisotopic (exact) mass is 304 g/mol. The summed E-state index contributed by atoms with van der Waals surface area (Å²) in [6.45, 7) is 4.36. The average molecular weight is 305 g/mol. The number of hydrogen-bond donors (Lipinski definition) is 1. The lowest BCUT2D eigenvalue weighted by Crippen LogP contribution is -2.33. The summed E-state index contributed by atoms with van der Waals surface area (Å²) >= 11 is 5.34. The first-order valence-electron chi connectivity index (χ1n) is 5.72. The fourth-order valence-electron chi connectivity index (χ4n) is 1.68. The standard InChI is InChI=1S/C12H21BrN2S/c1-4-14-11(5-6-15(2)3)8-12-7-10(13)9-16-12/h7,9,11,14H,4-6,8H2,1-3H3. The highest BCUT2D eigenvalue weighted by atomic mass is 79.9. The molecule has 0 bridgehead atoms. The molecule has 92 valence electrons. The van der Waals surface area contributed by atoms with Gasteiger partial charge in [0.2, 0.25) is 0 Å². The Bertz CT molecular complexity index is 299. The van der Waals surface area contributed by atoms with Crippen LogP contribution in [0.4, 0.5) is 0 Å². The largest absolute Gasteiger partial charge is 0.314 e. The van der Waals surface area contributed by atoms with Gasteiger partial charge in [-0.2, -0.15) is 0 Å². The van der Waals surface area contributed by atoms with E-state index in [1.54, 1.807) is 0 Å². The molecule has 2 nitrogen and oxygen atoms in total. The molecule has 0 amide bonds. The van der Waals surface area contributed by atoms with E-state index in [2.05, 4.69) is 58.6 Å². The van der Waals surface area contributed by atoms with Gasteiger partial charge >= 0.3 is 0 Å². The predicted molar refractivity (Wildman–Crippen MR) is 76.4 cm³/mol. The van der Waals surface area contributed by atoms with Gasteiger partial charge in [-0.3, -0.25) is 0 Å². The molecule has 0 spiro atoms. The highest BCUT2D eigenvalue weighted by Gasteiger charge is 2.10. The maximum Gasteiger partial charge on any atom is 0.0285 e. The van der Waals surface area contributed by atoms with Gasteiger partial charge in [0.25, 0.3) is 0 Å². The molecule has 0 saturated carbocycles. The van der Waals surface area contributed by atoms with Gasteiger partial charge in [-0.1, -0.05) is 6.92 Å². The summed E-state index contributed by atoms with van der Waals surface area (Å²) in [4.78, 5) is 3.70. The first-order valence-corrected chi connectivity index (χ1v) is 7.40. The zero-order valence-electron chi connectivity index (χ0n) is 10.3. The van der Waals surface area contributed by atoms with Crippen LogP contribution in [-0.4, -0.2) is 38.1 Å². The van der Waals surface area contributed by atoms with Crippen molar-refractivity contribution in [1.29, 1.82) is 0 Å². The zero-order valence-corrected chi connectivity index (χ0v) is 12.7. The Morgan fingerprint density at radius 3 is 2.75 bits per heavy atom. The minimum absolute atomic E-state index is 0.595. The Kier molecular flexibility index (Phi) is 6.58. The van der Waals surface area contributed by atoms with Crippen molar-refractivity contribution < 1.29 is 0 Å². The van der Waals surface area contributed by atoms with E-state index in [9.17, 15) is 0 Å². The zero-order chi connectivity index (χ0) is 12.0. The van der Waals surface area contributed by atoms with E-state index < -0.39 is 0 Å². The van der Waals surface area contributed by atoms with E-state index in [1.165, 1.54) is 15.8 Å². The molecule has 0 aliphatic rings. The molecule has 0 radical (unpaired) electrons. The van der Waals surface area contributed by atoms with Gasteiger partial charge in [0.15, 0.2) is 0 Å². The van der Waals surface area contributed by atoms with Crippen molar-refractivity contribution in [1.82, 2.24) is 10.2 Å². The Morgan fingerprint density at radius 1 is 1.50 bits per heavy atom. The third kappa shape index (κ3) is 5.43. The van der Waals surface area contributed by atoms with Crippen LogP contribution in [-0.2, 0) is 6.42 Å². The van der Waals surface area contributed by atoms with E-state index in [-0.39, 0.29) is 0 Å². The van der Waals surface area contributed by atoms with Gasteiger partial charge in [0, 0.05) is 20.8 Å². The van der Waals surface area contributed by atoms with Crippen molar-refractivity contribution in [3.8, 4) is 0 Å². The molecule has 4 heteroatoms. The Morgan fingerprint density at radius 2 is 2.25 bits per heavy atom. The summed E-state index contributed by atoms with van der Waals surface area (Å²) in [6.07, 6.45) is 2.34. The van der Waals surface area contributed by atoms with Crippen molar-refractivity contribution in [2.45, 2.75) is 25.8 Å². The number of nitrogens with zero attached hydrogens (tertiary/aromatic N) is 1. The lowest BCUT2D eigenvalue weighted by molar-refractivity contribution is 0.359. The smallest absolute Gasteiger partial charge is 0.0285 e. The van der Waals surface area contributed by atoms with Crippen LogP contribution in [0.3, 0.4) is 0 Å². The molecule has 1 atom stereocenters. The maximum atomic E-state index is 3.56. The Hall–Kier alpha value is 0.1000. The molecule has 1 N–H and O–H groups in total. The lowest BCUT2D eigenvalue weighted by atomic mass is 10.1. The summed E-state index contributed by atoms with van der Waals surface area (Å²) in [6, 6.07) is 2.82. The van der Waals surface area contributed by atoms with Gasteiger partial charge in [-0.15, -0.1) is 11.3 Å². The quantitative estimate of drug-likeness (QED) is 0.833. The average Bonchev–Trinajstić information content (AvgIpc) is 2.61. The molecular formula is C12H21BrN2S. The molecule has 0 aliphatic heterocycles. The van der Waals surface area contributed by atoms with Crippen LogP contribution in [0.25, 0.3) is 0 Å². The molecule has 0 fully saturated rings. The van der Waals surface area contributed by atoms with E-state index in [1.807, 2.05) is 11.3 Å². The second kappa shape index (κ2) is 7.43. The third-order valence-electron chi connectivity index (χ3n) is 2.49. The van der Waals surface area contributed by atoms with Crippen molar-refractivity contribution in [2.75, 3.05) is 27.2 Å². The SMILES string of the molecule is CCNC(CCN(C)C)Cc1cc(Br)cs1. The molecule has 16 heavy (non-hydrogen) atoms. The lowest BCUT2D eigenvalue weighted by Gasteiger charge is -2.19. The number of thiophene rings is 1. The molecule has 1 aromatic heterocycles. The Balaban J connectivity index is 2.43. The summed E-state index contributed by atoms with van der Waals surface area (Å²) in [5, 5.41) is 5.72. The van der Waals surface area contributed by atoms with Crippen LogP contribution < -0.4 is 5.32 Å². The van der Waals surface area contributed by atoms with Crippen LogP contribution >= 0.6 is 27.3 Å². The minimum Gasteiger partial charge on any atom is -0.314 e. The van der Waals surface area contributed by atoms with Crippen LogP contribution in [0.1, 0.15) is 18.2 Å². The van der Waals surface area contributed by atoms with Gasteiger partial charge in [0.1, 0.15) is 0 Å². The fourth-order valence-corrected chi connectivity index (χ4v) is 3.22. The summed E-state index contributed by atoms with van der Waals surface area (Å²) in [7, 11) is 4.26. The van der Waals surface area contributed by atoms with Crippen molar-refractivity contribution in [2.24, 2.45) is 0 Å². The van der Waals surface area contributed by atoms with Crippen molar-refractivity contribution in [3.63, 3.8) is 0 Å². The molecule has 0 aliphatic carbocycles. The van der Waals surface area contributed by atoms with Crippen LogP contribution in [0.15, 0.2) is 15.9 Å².